The van der Waals surface area contributed by atoms with Crippen molar-refractivity contribution in [2.75, 3.05) is 20.8 Å². The molecule has 3 unspecified atom stereocenters. The van der Waals surface area contributed by atoms with E-state index >= 15 is 0 Å². The first kappa shape index (κ1) is 30.6. The molecule has 0 saturated heterocycles. The van der Waals surface area contributed by atoms with E-state index in [-0.39, 0.29) is 23.8 Å². The van der Waals surface area contributed by atoms with E-state index in [1.807, 2.05) is 51.1 Å². The van der Waals surface area contributed by atoms with Gasteiger partial charge in [-0.05, 0) is 36.5 Å². The third-order valence-corrected chi connectivity index (χ3v) is 6.23. The fourth-order valence-corrected chi connectivity index (χ4v) is 3.97. The van der Waals surface area contributed by atoms with Gasteiger partial charge in [-0.2, -0.15) is 0 Å². The van der Waals surface area contributed by atoms with Crippen LogP contribution in [0.5, 0.6) is 11.5 Å². The summed E-state index contributed by atoms with van der Waals surface area (Å²) in [4.78, 5) is 38.9. The summed E-state index contributed by atoms with van der Waals surface area (Å²) < 4.78 is 10.5. The van der Waals surface area contributed by atoms with Crippen molar-refractivity contribution >= 4 is 17.7 Å². The predicted octanol–water partition coefficient (Wildman–Crippen LogP) is 2.85. The van der Waals surface area contributed by atoms with E-state index < -0.39 is 30.0 Å². The van der Waals surface area contributed by atoms with E-state index in [9.17, 15) is 19.5 Å². The van der Waals surface area contributed by atoms with Gasteiger partial charge in [-0.15, -0.1) is 0 Å². The molecule has 3 amide bonds. The average Bonchev–Trinajstić information content (AvgIpc) is 2.91. The van der Waals surface area contributed by atoms with Crippen molar-refractivity contribution in [1.29, 1.82) is 0 Å². The van der Waals surface area contributed by atoms with E-state index in [1.54, 1.807) is 18.2 Å². The molecule has 3 atom stereocenters. The Morgan fingerprint density at radius 1 is 0.974 bits per heavy atom. The lowest BCUT2D eigenvalue weighted by molar-refractivity contribution is -0.128. The highest BCUT2D eigenvalue weighted by Crippen LogP contribution is 2.25. The summed E-state index contributed by atoms with van der Waals surface area (Å²) in [6.45, 7) is 6.20. The number of carbonyl (C=O) groups excluding carboxylic acids is 3. The van der Waals surface area contributed by atoms with Crippen LogP contribution in [-0.2, 0) is 16.0 Å². The highest BCUT2D eigenvalue weighted by Gasteiger charge is 2.30. The Balaban J connectivity index is 2.19. The fraction of sp³-hybridized carbons (Fsp3) is 0.483. The van der Waals surface area contributed by atoms with Crippen molar-refractivity contribution in [3.8, 4) is 11.5 Å². The Kier molecular flexibility index (Phi) is 12.6. The zero-order valence-electron chi connectivity index (χ0n) is 23.0. The molecule has 38 heavy (non-hydrogen) atoms. The van der Waals surface area contributed by atoms with Crippen LogP contribution in [0.15, 0.2) is 48.5 Å². The van der Waals surface area contributed by atoms with Gasteiger partial charge in [0.05, 0.1) is 38.3 Å². The molecular weight excluding hydrogens is 486 g/mol. The first-order valence-electron chi connectivity index (χ1n) is 13.0. The molecule has 208 valence electrons. The molecule has 9 nitrogen and oxygen atoms in total. The van der Waals surface area contributed by atoms with Crippen LogP contribution < -0.4 is 25.4 Å². The summed E-state index contributed by atoms with van der Waals surface area (Å²) >= 11 is 0. The largest absolute Gasteiger partial charge is 0.497 e. The summed E-state index contributed by atoms with van der Waals surface area (Å²) in [6.07, 6.45) is 0.844. The van der Waals surface area contributed by atoms with Gasteiger partial charge in [-0.1, -0.05) is 57.5 Å². The Hall–Kier alpha value is -3.59. The Morgan fingerprint density at radius 2 is 1.68 bits per heavy atom. The van der Waals surface area contributed by atoms with Crippen LogP contribution in [0.2, 0.25) is 0 Å². The second-order valence-electron chi connectivity index (χ2n) is 9.54. The molecule has 0 fully saturated rings. The molecule has 0 radical (unpaired) electrons. The Labute approximate surface area is 225 Å². The third-order valence-electron chi connectivity index (χ3n) is 6.23. The summed E-state index contributed by atoms with van der Waals surface area (Å²) in [5.41, 5.74) is 1.16. The lowest BCUT2D eigenvalue weighted by atomic mass is 9.96. The lowest BCUT2D eigenvalue weighted by Gasteiger charge is -2.28. The average molecular weight is 528 g/mol. The van der Waals surface area contributed by atoms with Crippen molar-refractivity contribution in [2.45, 2.75) is 64.6 Å². The number of aliphatic hydroxyl groups excluding tert-OH is 1. The van der Waals surface area contributed by atoms with Crippen molar-refractivity contribution in [2.24, 2.45) is 5.92 Å². The standard InChI is InChI=1S/C29H41N3O6/c1-6-7-15-30-26(34)18-24(33)23(16-20-11-9-8-10-12-20)31-29(36)27(19(2)3)32-28(35)22-14-13-21(37-4)17-25(22)38-5/h8-14,17,19,23-24,27,33H,6-7,15-16,18H2,1-5H3,(H,30,34)(H,31,36)(H,32,35). The zero-order valence-corrected chi connectivity index (χ0v) is 23.0. The molecule has 2 aromatic carbocycles. The minimum absolute atomic E-state index is 0.150. The zero-order chi connectivity index (χ0) is 28.1. The highest BCUT2D eigenvalue weighted by atomic mass is 16.5. The number of ether oxygens (including phenoxy) is 2. The number of benzene rings is 2. The number of hydrogen-bond donors (Lipinski definition) is 4. The molecule has 0 saturated carbocycles. The Bertz CT molecular complexity index is 1040. The van der Waals surface area contributed by atoms with E-state index in [2.05, 4.69) is 16.0 Å². The molecule has 4 N–H and O–H groups in total. The summed E-state index contributed by atoms with van der Waals surface area (Å²) in [7, 11) is 2.97. The lowest BCUT2D eigenvalue weighted by Crippen LogP contribution is -2.55. The van der Waals surface area contributed by atoms with Gasteiger partial charge in [0.2, 0.25) is 11.8 Å². The van der Waals surface area contributed by atoms with Gasteiger partial charge in [0, 0.05) is 12.6 Å². The molecule has 2 rings (SSSR count). The molecule has 9 heteroatoms. The maximum absolute atomic E-state index is 13.4. The number of aliphatic hydroxyl groups is 1. The smallest absolute Gasteiger partial charge is 0.255 e. The molecule has 0 heterocycles. The SMILES string of the molecule is CCCCNC(=O)CC(O)C(Cc1ccccc1)NC(=O)C(NC(=O)c1ccc(OC)cc1OC)C(C)C. The molecule has 0 bridgehead atoms. The molecule has 0 aromatic heterocycles. The maximum Gasteiger partial charge on any atom is 0.255 e. The normalized spacial score (nSPS) is 13.2. The monoisotopic (exact) mass is 527 g/mol. The van der Waals surface area contributed by atoms with Crippen LogP contribution in [0.1, 0.15) is 56.0 Å². The van der Waals surface area contributed by atoms with E-state index in [0.717, 1.165) is 18.4 Å². The second-order valence-corrected chi connectivity index (χ2v) is 9.54. The van der Waals surface area contributed by atoms with E-state index in [4.69, 9.17) is 9.47 Å². The van der Waals surface area contributed by atoms with Crippen LogP contribution in [-0.4, -0.2) is 61.8 Å². The summed E-state index contributed by atoms with van der Waals surface area (Å²) in [5.74, 6) is -0.612. The summed E-state index contributed by atoms with van der Waals surface area (Å²) in [5, 5.41) is 19.4. The third kappa shape index (κ3) is 9.37. The van der Waals surface area contributed by atoms with Gasteiger partial charge in [0.1, 0.15) is 17.5 Å². The molecular formula is C29H41N3O6. The van der Waals surface area contributed by atoms with Crippen LogP contribution in [0, 0.1) is 5.92 Å². The van der Waals surface area contributed by atoms with Crippen molar-refractivity contribution in [1.82, 2.24) is 16.0 Å². The van der Waals surface area contributed by atoms with Crippen molar-refractivity contribution in [3.63, 3.8) is 0 Å². The topological polar surface area (TPSA) is 126 Å². The van der Waals surface area contributed by atoms with Crippen LogP contribution >= 0.6 is 0 Å². The van der Waals surface area contributed by atoms with Crippen LogP contribution in [0.3, 0.4) is 0 Å². The van der Waals surface area contributed by atoms with Gasteiger partial charge in [-0.25, -0.2) is 0 Å². The molecule has 0 aliphatic rings. The van der Waals surface area contributed by atoms with E-state index in [1.165, 1.54) is 14.2 Å². The molecule has 2 aromatic rings. The van der Waals surface area contributed by atoms with Crippen LogP contribution in [0.25, 0.3) is 0 Å². The van der Waals surface area contributed by atoms with Gasteiger partial charge < -0.3 is 30.5 Å². The number of rotatable bonds is 15. The van der Waals surface area contributed by atoms with Crippen molar-refractivity contribution < 1.29 is 29.0 Å². The number of carbonyl (C=O) groups is 3. The Morgan fingerprint density at radius 3 is 2.29 bits per heavy atom. The summed E-state index contributed by atoms with van der Waals surface area (Å²) in [6, 6.07) is 12.6. The maximum atomic E-state index is 13.4. The second kappa shape index (κ2) is 15.6. The minimum Gasteiger partial charge on any atom is -0.497 e. The number of hydrogen-bond acceptors (Lipinski definition) is 6. The number of unbranched alkanes of at least 4 members (excludes halogenated alkanes) is 1. The van der Waals surface area contributed by atoms with Gasteiger partial charge in [0.15, 0.2) is 0 Å². The quantitative estimate of drug-likeness (QED) is 0.264. The predicted molar refractivity (Wildman–Crippen MR) is 146 cm³/mol. The van der Waals surface area contributed by atoms with Crippen molar-refractivity contribution in [3.05, 3.63) is 59.7 Å². The number of methoxy groups -OCH3 is 2. The minimum atomic E-state index is -1.12. The van der Waals surface area contributed by atoms with Gasteiger partial charge in [-0.3, -0.25) is 14.4 Å². The highest BCUT2D eigenvalue weighted by molar-refractivity contribution is 6.00. The molecule has 0 spiro atoms. The van der Waals surface area contributed by atoms with Gasteiger partial charge >= 0.3 is 0 Å². The van der Waals surface area contributed by atoms with Crippen LogP contribution in [0.4, 0.5) is 0 Å². The van der Waals surface area contributed by atoms with E-state index in [0.29, 0.717) is 24.5 Å². The first-order valence-corrected chi connectivity index (χ1v) is 13.0. The van der Waals surface area contributed by atoms with Gasteiger partial charge in [0.25, 0.3) is 5.91 Å². The molecule has 0 aliphatic heterocycles. The fourth-order valence-electron chi connectivity index (χ4n) is 3.97. The number of amides is 3. The first-order chi connectivity index (χ1) is 18.2. The number of nitrogens with one attached hydrogen (secondary N) is 3. The molecule has 0 aliphatic carbocycles.